The van der Waals surface area contributed by atoms with Crippen LogP contribution >= 0.6 is 0 Å². The molecular weight excluding hydrogens is 548 g/mol. The number of hydrogen-bond donors (Lipinski definition) is 1. The van der Waals surface area contributed by atoms with E-state index in [0.29, 0.717) is 0 Å². The lowest BCUT2D eigenvalue weighted by molar-refractivity contribution is 0.487. The van der Waals surface area contributed by atoms with E-state index in [1.807, 2.05) is 6.07 Å². The molecule has 212 valence electrons. The van der Waals surface area contributed by atoms with Crippen LogP contribution < -0.4 is 20.6 Å². The first kappa shape index (κ1) is 25.6. The number of ether oxygens (including phenoxy) is 1. The first-order valence-electron chi connectivity index (χ1n) is 15.3. The van der Waals surface area contributed by atoms with Gasteiger partial charge in [0.05, 0.1) is 11.1 Å². The number of nitrogens with zero attached hydrogens (tertiary/aromatic N) is 1. The smallest absolute Gasteiger partial charge is 0.145 e. The molecule has 1 unspecified atom stereocenters. The van der Waals surface area contributed by atoms with Gasteiger partial charge in [-0.15, -0.1) is 0 Å². The molecule has 1 N–H and O–H groups in total. The maximum atomic E-state index is 6.58. The largest absolute Gasteiger partial charge is 0.456 e. The van der Waals surface area contributed by atoms with Gasteiger partial charge < -0.3 is 10.1 Å². The van der Waals surface area contributed by atoms with Crippen molar-refractivity contribution in [1.82, 2.24) is 5.32 Å². The van der Waals surface area contributed by atoms with E-state index >= 15 is 0 Å². The highest BCUT2D eigenvalue weighted by molar-refractivity contribution is 6.10. The van der Waals surface area contributed by atoms with Crippen LogP contribution in [0.3, 0.4) is 0 Å². The van der Waals surface area contributed by atoms with E-state index in [1.54, 1.807) is 0 Å². The minimum Gasteiger partial charge on any atom is -0.456 e. The number of rotatable bonds is 4. The summed E-state index contributed by atoms with van der Waals surface area (Å²) in [6.07, 6.45) is -0.205. The molecule has 0 bridgehead atoms. The van der Waals surface area contributed by atoms with Crippen LogP contribution in [0.5, 0.6) is 11.5 Å². The van der Waals surface area contributed by atoms with Crippen molar-refractivity contribution in [2.45, 2.75) is 6.17 Å². The quantitative estimate of drug-likeness (QED) is 0.227. The Bertz CT molecular complexity index is 2380. The topological polar surface area (TPSA) is 33.6 Å². The zero-order valence-corrected chi connectivity index (χ0v) is 24.4. The van der Waals surface area contributed by atoms with Crippen LogP contribution in [0, 0.1) is 0 Å². The lowest BCUT2D eigenvalue weighted by Crippen LogP contribution is -2.39. The zero-order valence-electron chi connectivity index (χ0n) is 24.4. The number of benzene rings is 7. The molecule has 0 fully saturated rings. The Labute approximate surface area is 261 Å². The molecule has 0 amide bonds. The standard InChI is InChI=1S/C42H28N2O/c1-3-11-27(12-4-1)29-21-22-33-35-19-10-18-34-32(23-24-38(40(34)35)45-39(33)26-29)30-15-9-16-31(25-30)42-43-37-20-8-7-17-36(37)41(44-42)28-13-5-2-6-14-28/h1-26,42,44H. The highest BCUT2D eigenvalue weighted by atomic mass is 16.5. The summed E-state index contributed by atoms with van der Waals surface area (Å²) in [4.78, 5) is 5.14. The normalized spacial score (nSPS) is 14.5. The summed E-state index contributed by atoms with van der Waals surface area (Å²) in [7, 11) is 0. The van der Waals surface area contributed by atoms with Crippen molar-refractivity contribution in [2.24, 2.45) is 4.99 Å². The van der Waals surface area contributed by atoms with Gasteiger partial charge >= 0.3 is 0 Å². The van der Waals surface area contributed by atoms with E-state index in [9.17, 15) is 0 Å². The van der Waals surface area contributed by atoms with Gasteiger partial charge in [0.25, 0.3) is 0 Å². The van der Waals surface area contributed by atoms with Crippen LogP contribution in [0.1, 0.15) is 17.3 Å². The molecule has 7 aromatic carbocycles. The van der Waals surface area contributed by atoms with Gasteiger partial charge in [-0.2, -0.15) is 0 Å². The Morgan fingerprint density at radius 2 is 1.22 bits per heavy atom. The molecular formula is C42H28N2O. The van der Waals surface area contributed by atoms with Gasteiger partial charge in [0.1, 0.15) is 17.7 Å². The van der Waals surface area contributed by atoms with Gasteiger partial charge in [-0.1, -0.05) is 127 Å². The molecule has 2 aliphatic heterocycles. The van der Waals surface area contributed by atoms with Crippen molar-refractivity contribution in [1.29, 1.82) is 0 Å². The second kappa shape index (κ2) is 10.4. The Kier molecular flexibility index (Phi) is 5.88. The van der Waals surface area contributed by atoms with Crippen LogP contribution in [0.15, 0.2) is 163 Å². The summed E-state index contributed by atoms with van der Waals surface area (Å²) >= 11 is 0. The van der Waals surface area contributed by atoms with Crippen molar-refractivity contribution >= 4 is 16.5 Å². The molecule has 0 spiro atoms. The maximum absolute atomic E-state index is 6.58. The number of fused-ring (bicyclic) bond motifs is 3. The van der Waals surface area contributed by atoms with Crippen molar-refractivity contribution in [3.05, 3.63) is 179 Å². The molecule has 2 heterocycles. The summed E-state index contributed by atoms with van der Waals surface area (Å²) in [5, 5.41) is 8.20. The molecule has 0 aromatic heterocycles. The first-order chi connectivity index (χ1) is 22.3. The Morgan fingerprint density at radius 1 is 0.489 bits per heavy atom. The van der Waals surface area contributed by atoms with E-state index in [1.165, 1.54) is 22.1 Å². The molecule has 0 saturated carbocycles. The Hall–Kier alpha value is -5.93. The minimum absolute atomic E-state index is 0.205. The van der Waals surface area contributed by atoms with Crippen LogP contribution in [-0.4, -0.2) is 0 Å². The Morgan fingerprint density at radius 3 is 2.09 bits per heavy atom. The predicted molar refractivity (Wildman–Crippen MR) is 182 cm³/mol. The monoisotopic (exact) mass is 576 g/mol. The van der Waals surface area contributed by atoms with Gasteiger partial charge in [0.15, 0.2) is 0 Å². The molecule has 3 nitrogen and oxygen atoms in total. The average molecular weight is 577 g/mol. The average Bonchev–Trinajstić information content (AvgIpc) is 3.12. The SMILES string of the molecule is c1ccc(C2=c3ccccc3=NC(c3cccc(-c4ccc5c6c(cccc46)-c4ccc(-c6ccccc6)cc4O5)c3)N2)cc1. The summed E-state index contributed by atoms with van der Waals surface area (Å²) in [5.41, 5.74) is 10.3. The lowest BCUT2D eigenvalue weighted by Gasteiger charge is -2.24. The number of hydrogen-bond acceptors (Lipinski definition) is 3. The van der Waals surface area contributed by atoms with E-state index in [4.69, 9.17) is 9.73 Å². The molecule has 9 rings (SSSR count). The van der Waals surface area contributed by atoms with Crippen LogP contribution in [0.25, 0.3) is 49.9 Å². The Balaban J connectivity index is 1.13. The van der Waals surface area contributed by atoms with E-state index in [0.717, 1.165) is 61.0 Å². The van der Waals surface area contributed by atoms with Crippen LogP contribution in [0.4, 0.5) is 0 Å². The van der Waals surface area contributed by atoms with Gasteiger partial charge in [-0.3, -0.25) is 4.99 Å². The summed E-state index contributed by atoms with van der Waals surface area (Å²) in [6.45, 7) is 0. The summed E-state index contributed by atoms with van der Waals surface area (Å²) < 4.78 is 6.58. The van der Waals surface area contributed by atoms with E-state index < -0.39 is 0 Å². The fraction of sp³-hybridized carbons (Fsp3) is 0.0238. The maximum Gasteiger partial charge on any atom is 0.145 e. The molecule has 2 aliphatic rings. The second-order valence-corrected chi connectivity index (χ2v) is 11.6. The number of nitrogens with one attached hydrogen (secondary N) is 1. The molecule has 0 aliphatic carbocycles. The first-order valence-corrected chi connectivity index (χ1v) is 15.3. The predicted octanol–water partition coefficient (Wildman–Crippen LogP) is 9.02. The zero-order chi connectivity index (χ0) is 29.7. The fourth-order valence-corrected chi connectivity index (χ4v) is 6.75. The van der Waals surface area contributed by atoms with Crippen molar-refractivity contribution < 1.29 is 4.74 Å². The lowest BCUT2D eigenvalue weighted by atomic mass is 9.89. The third kappa shape index (κ3) is 4.32. The highest BCUT2D eigenvalue weighted by Gasteiger charge is 2.23. The van der Waals surface area contributed by atoms with Crippen molar-refractivity contribution in [3.8, 4) is 44.9 Å². The fourth-order valence-electron chi connectivity index (χ4n) is 6.75. The minimum atomic E-state index is -0.205. The van der Waals surface area contributed by atoms with Gasteiger partial charge in [-0.25, -0.2) is 0 Å². The number of para-hydroxylation sites is 1. The van der Waals surface area contributed by atoms with E-state index in [-0.39, 0.29) is 6.17 Å². The van der Waals surface area contributed by atoms with Crippen LogP contribution in [0.2, 0.25) is 0 Å². The molecule has 45 heavy (non-hydrogen) atoms. The van der Waals surface area contributed by atoms with Crippen molar-refractivity contribution in [3.63, 3.8) is 0 Å². The van der Waals surface area contributed by atoms with Crippen LogP contribution in [-0.2, 0) is 0 Å². The highest BCUT2D eigenvalue weighted by Crippen LogP contribution is 2.49. The third-order valence-electron chi connectivity index (χ3n) is 8.90. The molecule has 1 atom stereocenters. The second-order valence-electron chi connectivity index (χ2n) is 11.6. The molecule has 7 aromatic rings. The van der Waals surface area contributed by atoms with Gasteiger partial charge in [0.2, 0.25) is 0 Å². The third-order valence-corrected chi connectivity index (χ3v) is 8.90. The van der Waals surface area contributed by atoms with Crippen molar-refractivity contribution in [2.75, 3.05) is 0 Å². The molecule has 3 heteroatoms. The van der Waals surface area contributed by atoms with Gasteiger partial charge in [0, 0.05) is 16.2 Å². The summed E-state index contributed by atoms with van der Waals surface area (Å²) in [6, 6.07) is 55.5. The summed E-state index contributed by atoms with van der Waals surface area (Å²) in [5.74, 6) is 1.78. The van der Waals surface area contributed by atoms with E-state index in [2.05, 4.69) is 157 Å². The molecule has 0 saturated heterocycles. The van der Waals surface area contributed by atoms with Gasteiger partial charge in [-0.05, 0) is 74.7 Å². The molecule has 0 radical (unpaired) electrons.